The van der Waals surface area contributed by atoms with Crippen molar-refractivity contribution in [3.63, 3.8) is 0 Å². The first kappa shape index (κ1) is 20.8. The van der Waals surface area contributed by atoms with Gasteiger partial charge in [-0.25, -0.2) is 15.0 Å². The minimum atomic E-state index is -0.342. The summed E-state index contributed by atoms with van der Waals surface area (Å²) in [5.74, 6) is 2.03. The van der Waals surface area contributed by atoms with Gasteiger partial charge in [-0.1, -0.05) is 29.8 Å². The van der Waals surface area contributed by atoms with Crippen LogP contribution in [0.2, 0.25) is 5.02 Å². The van der Waals surface area contributed by atoms with Gasteiger partial charge in [0.15, 0.2) is 5.82 Å². The number of pyridine rings is 2. The van der Waals surface area contributed by atoms with Crippen molar-refractivity contribution in [2.45, 2.75) is 31.3 Å². The Bertz CT molecular complexity index is 1590. The van der Waals surface area contributed by atoms with Gasteiger partial charge in [-0.3, -0.25) is 4.98 Å². The van der Waals surface area contributed by atoms with E-state index >= 15 is 0 Å². The van der Waals surface area contributed by atoms with Gasteiger partial charge in [0.1, 0.15) is 11.5 Å². The van der Waals surface area contributed by atoms with Crippen LogP contribution >= 0.6 is 11.6 Å². The number of nitrogens with zero attached hydrogens (tertiary/aromatic N) is 5. The summed E-state index contributed by atoms with van der Waals surface area (Å²) in [6.45, 7) is 1.34. The van der Waals surface area contributed by atoms with Crippen LogP contribution in [0.1, 0.15) is 30.7 Å². The number of benzene rings is 1. The molecule has 4 aromatic heterocycles. The molecule has 1 aromatic carbocycles. The molecule has 7 rings (SSSR count). The van der Waals surface area contributed by atoms with E-state index in [2.05, 4.69) is 25.9 Å². The second-order valence-corrected chi connectivity index (χ2v) is 9.85. The summed E-state index contributed by atoms with van der Waals surface area (Å²) >= 11 is 6.46. The van der Waals surface area contributed by atoms with Crippen molar-refractivity contribution in [3.8, 4) is 22.6 Å². The summed E-state index contributed by atoms with van der Waals surface area (Å²) in [7, 11) is 0. The maximum absolute atomic E-state index is 10.3. The van der Waals surface area contributed by atoms with E-state index in [1.54, 1.807) is 6.20 Å². The first-order chi connectivity index (χ1) is 17.2. The number of anilines is 1. The summed E-state index contributed by atoms with van der Waals surface area (Å²) in [4.78, 5) is 24.8. The van der Waals surface area contributed by atoms with E-state index in [4.69, 9.17) is 21.6 Å². The predicted molar refractivity (Wildman–Crippen MR) is 138 cm³/mol. The standard InChI is InChI=1S/C27H23ClN6O/c28-21-4-2-1-3-18(21)22-11-19-17(7-9-30-25(19)31-22)26-32-23-13-29-12-20(15-5-6-15)24(23)27(33-26)34-10-8-16(35)14-34/h1-4,7,9,11-13,15-16,35H,5-6,8,10,14H2,(H,30,31). The number of hydrogen-bond donors (Lipinski definition) is 2. The Morgan fingerprint density at radius 3 is 2.71 bits per heavy atom. The number of H-pyrrole nitrogens is 1. The van der Waals surface area contributed by atoms with Crippen molar-refractivity contribution >= 4 is 39.4 Å². The molecule has 174 valence electrons. The minimum Gasteiger partial charge on any atom is -0.391 e. The van der Waals surface area contributed by atoms with Gasteiger partial charge in [0, 0.05) is 58.1 Å². The molecule has 8 heteroatoms. The lowest BCUT2D eigenvalue weighted by Gasteiger charge is -2.21. The zero-order valence-corrected chi connectivity index (χ0v) is 19.7. The Labute approximate surface area is 206 Å². The number of rotatable bonds is 4. The third-order valence-electron chi connectivity index (χ3n) is 7.03. The molecule has 0 radical (unpaired) electrons. The molecule has 5 heterocycles. The smallest absolute Gasteiger partial charge is 0.163 e. The molecule has 1 unspecified atom stereocenters. The van der Waals surface area contributed by atoms with Gasteiger partial charge < -0.3 is 15.0 Å². The van der Waals surface area contributed by atoms with Crippen LogP contribution in [0.25, 0.3) is 44.6 Å². The summed E-state index contributed by atoms with van der Waals surface area (Å²) in [5.41, 5.74) is 5.51. The monoisotopic (exact) mass is 482 g/mol. The second kappa shape index (κ2) is 8.00. The van der Waals surface area contributed by atoms with E-state index in [9.17, 15) is 5.11 Å². The molecular weight excluding hydrogens is 460 g/mol. The van der Waals surface area contributed by atoms with E-state index in [1.165, 1.54) is 18.4 Å². The number of aliphatic hydroxyl groups is 1. The number of aliphatic hydroxyl groups excluding tert-OH is 1. The third-order valence-corrected chi connectivity index (χ3v) is 7.36. The second-order valence-electron chi connectivity index (χ2n) is 9.44. The van der Waals surface area contributed by atoms with Crippen molar-refractivity contribution in [3.05, 3.63) is 65.6 Å². The SMILES string of the molecule is OC1CCN(c2nc(-c3ccnc4[nH]c(-c5ccccc5Cl)cc34)nc3cncc(C4CC4)c23)C1. The highest BCUT2D eigenvalue weighted by atomic mass is 35.5. The molecule has 0 spiro atoms. The molecule has 0 bridgehead atoms. The largest absolute Gasteiger partial charge is 0.391 e. The van der Waals surface area contributed by atoms with Crippen LogP contribution in [0.15, 0.2) is 55.0 Å². The topological polar surface area (TPSA) is 90.8 Å². The van der Waals surface area contributed by atoms with Crippen LogP contribution in [0.4, 0.5) is 5.82 Å². The molecule has 7 nitrogen and oxygen atoms in total. The molecule has 2 N–H and O–H groups in total. The Kier molecular flexibility index (Phi) is 4.75. The maximum Gasteiger partial charge on any atom is 0.163 e. The molecular formula is C27H23ClN6O. The number of β-amino-alcohol motifs (C(OH)–C–C–N with tert-alkyl or cyclic N) is 1. The minimum absolute atomic E-state index is 0.342. The van der Waals surface area contributed by atoms with Gasteiger partial charge in [-0.05, 0) is 48.9 Å². The van der Waals surface area contributed by atoms with Crippen molar-refractivity contribution in [2.75, 3.05) is 18.0 Å². The zero-order valence-electron chi connectivity index (χ0n) is 18.9. The predicted octanol–water partition coefficient (Wildman–Crippen LogP) is 5.34. The number of halogens is 1. The van der Waals surface area contributed by atoms with Gasteiger partial charge >= 0.3 is 0 Å². The lowest BCUT2D eigenvalue weighted by molar-refractivity contribution is 0.198. The first-order valence-corrected chi connectivity index (χ1v) is 12.3. The number of nitrogens with one attached hydrogen (secondary N) is 1. The average molecular weight is 483 g/mol. The molecule has 0 amide bonds. The molecule has 1 saturated carbocycles. The Morgan fingerprint density at radius 1 is 1.03 bits per heavy atom. The molecule has 2 aliphatic rings. The number of aromatic nitrogens is 5. The highest BCUT2D eigenvalue weighted by Gasteiger charge is 2.31. The summed E-state index contributed by atoms with van der Waals surface area (Å²) < 4.78 is 0. The van der Waals surface area contributed by atoms with Crippen LogP contribution in [0.3, 0.4) is 0 Å². The van der Waals surface area contributed by atoms with Crippen LogP contribution < -0.4 is 4.90 Å². The number of hydrogen-bond acceptors (Lipinski definition) is 6. The highest BCUT2D eigenvalue weighted by Crippen LogP contribution is 2.45. The maximum atomic E-state index is 10.3. The van der Waals surface area contributed by atoms with Crippen LogP contribution in [-0.4, -0.2) is 49.2 Å². The molecule has 1 saturated heterocycles. The van der Waals surface area contributed by atoms with Gasteiger partial charge in [-0.15, -0.1) is 0 Å². The lowest BCUT2D eigenvalue weighted by atomic mass is 10.1. The normalized spacial score (nSPS) is 18.1. The first-order valence-electron chi connectivity index (χ1n) is 12.0. The van der Waals surface area contributed by atoms with Crippen molar-refractivity contribution < 1.29 is 5.11 Å². The highest BCUT2D eigenvalue weighted by molar-refractivity contribution is 6.33. The molecule has 5 aromatic rings. The fourth-order valence-electron chi connectivity index (χ4n) is 5.12. The van der Waals surface area contributed by atoms with Crippen molar-refractivity contribution in [1.29, 1.82) is 0 Å². The quantitative estimate of drug-likeness (QED) is 0.359. The van der Waals surface area contributed by atoms with Crippen LogP contribution in [0, 0.1) is 0 Å². The van der Waals surface area contributed by atoms with E-state index in [-0.39, 0.29) is 6.10 Å². The van der Waals surface area contributed by atoms with Crippen molar-refractivity contribution in [2.24, 2.45) is 0 Å². The van der Waals surface area contributed by atoms with Crippen molar-refractivity contribution in [1.82, 2.24) is 24.9 Å². The summed E-state index contributed by atoms with van der Waals surface area (Å²) in [5, 5.41) is 12.9. The number of fused-ring (bicyclic) bond motifs is 2. The average Bonchev–Trinajstić information content (AvgIpc) is 3.48. The molecule has 1 aliphatic carbocycles. The molecule has 1 aliphatic heterocycles. The van der Waals surface area contributed by atoms with Gasteiger partial charge in [-0.2, -0.15) is 0 Å². The molecule has 2 fully saturated rings. The van der Waals surface area contributed by atoms with Gasteiger partial charge in [0.05, 0.1) is 17.8 Å². The zero-order chi connectivity index (χ0) is 23.5. The Morgan fingerprint density at radius 2 is 1.91 bits per heavy atom. The summed E-state index contributed by atoms with van der Waals surface area (Å²) in [6.07, 6.45) is 8.30. The Balaban J connectivity index is 1.44. The van der Waals surface area contributed by atoms with Crippen LogP contribution in [-0.2, 0) is 0 Å². The van der Waals surface area contributed by atoms with E-state index in [1.807, 2.05) is 42.7 Å². The molecule has 35 heavy (non-hydrogen) atoms. The summed E-state index contributed by atoms with van der Waals surface area (Å²) in [6, 6.07) is 11.8. The Hall–Kier alpha value is -3.55. The van der Waals surface area contributed by atoms with Crippen LogP contribution in [0.5, 0.6) is 0 Å². The third kappa shape index (κ3) is 3.54. The van der Waals surface area contributed by atoms with Gasteiger partial charge in [0.2, 0.25) is 0 Å². The van der Waals surface area contributed by atoms with E-state index in [0.29, 0.717) is 23.3 Å². The fourth-order valence-corrected chi connectivity index (χ4v) is 5.36. The van der Waals surface area contributed by atoms with Gasteiger partial charge in [0.25, 0.3) is 0 Å². The molecule has 1 atom stereocenters. The lowest BCUT2D eigenvalue weighted by Crippen LogP contribution is -2.23. The van der Waals surface area contributed by atoms with E-state index < -0.39 is 0 Å². The number of aromatic amines is 1. The van der Waals surface area contributed by atoms with E-state index in [0.717, 1.165) is 57.5 Å². The fraction of sp³-hybridized carbons (Fsp3) is 0.259.